The van der Waals surface area contributed by atoms with Gasteiger partial charge in [0, 0.05) is 11.8 Å². The Balaban J connectivity index is 2.74. The van der Waals surface area contributed by atoms with Gasteiger partial charge in [-0.3, -0.25) is 14.2 Å². The van der Waals surface area contributed by atoms with Crippen molar-refractivity contribution in [1.82, 2.24) is 9.13 Å². The van der Waals surface area contributed by atoms with Crippen LogP contribution in [0.5, 0.6) is 0 Å². The Morgan fingerprint density at radius 1 is 1.33 bits per heavy atom. The Morgan fingerprint density at radius 3 is 2.57 bits per heavy atom. The molecule has 2 rings (SSSR count). The summed E-state index contributed by atoms with van der Waals surface area (Å²) in [5, 5.41) is 8.56. The summed E-state index contributed by atoms with van der Waals surface area (Å²) >= 11 is 5.67. The minimum absolute atomic E-state index is 0.185. The van der Waals surface area contributed by atoms with E-state index in [1.54, 1.807) is 0 Å². The molecule has 1 heterocycles. The minimum atomic E-state index is -1.32. The van der Waals surface area contributed by atoms with Crippen LogP contribution in [0.3, 0.4) is 0 Å². The molecule has 6 nitrogen and oxygen atoms in total. The summed E-state index contributed by atoms with van der Waals surface area (Å²) in [6.45, 7) is 0.748. The molecule has 1 aromatic heterocycles. The maximum atomic E-state index is 13.2. The van der Waals surface area contributed by atoms with Crippen molar-refractivity contribution in [1.29, 1.82) is 0 Å². The molecule has 1 N–H and O–H groups in total. The molecule has 0 saturated heterocycles. The van der Waals surface area contributed by atoms with Crippen LogP contribution in [-0.4, -0.2) is 20.2 Å². The molecule has 0 atom stereocenters. The number of hydrogen-bond acceptors (Lipinski definition) is 3. The van der Waals surface area contributed by atoms with Crippen LogP contribution in [0.1, 0.15) is 5.69 Å². The summed E-state index contributed by atoms with van der Waals surface area (Å²) in [5.74, 6) is -1.97. The molecule has 0 aliphatic heterocycles. The van der Waals surface area contributed by atoms with Gasteiger partial charge >= 0.3 is 11.7 Å². The number of halogens is 2. The van der Waals surface area contributed by atoms with E-state index in [0.29, 0.717) is 4.57 Å². The molecule has 8 heteroatoms. The highest BCUT2D eigenvalue weighted by atomic mass is 35.5. The zero-order chi connectivity index (χ0) is 15.7. The highest BCUT2D eigenvalue weighted by Gasteiger charge is 2.13. The Labute approximate surface area is 122 Å². The second kappa shape index (κ2) is 5.53. The van der Waals surface area contributed by atoms with Crippen molar-refractivity contribution in [3.8, 4) is 5.69 Å². The van der Waals surface area contributed by atoms with Crippen LogP contribution in [0.4, 0.5) is 4.39 Å². The molecule has 2 aromatic rings. The summed E-state index contributed by atoms with van der Waals surface area (Å²) in [5.41, 5.74) is -1.02. The van der Waals surface area contributed by atoms with E-state index in [1.165, 1.54) is 19.1 Å². The van der Waals surface area contributed by atoms with Gasteiger partial charge in [-0.2, -0.15) is 0 Å². The van der Waals surface area contributed by atoms with Gasteiger partial charge in [0.05, 0.1) is 10.7 Å². The van der Waals surface area contributed by atoms with E-state index in [9.17, 15) is 18.8 Å². The zero-order valence-corrected chi connectivity index (χ0v) is 11.6. The monoisotopic (exact) mass is 312 g/mol. The van der Waals surface area contributed by atoms with Gasteiger partial charge in [0.1, 0.15) is 12.4 Å². The first-order valence-electron chi connectivity index (χ1n) is 5.82. The van der Waals surface area contributed by atoms with E-state index in [0.717, 1.165) is 16.7 Å². The second-order valence-electron chi connectivity index (χ2n) is 4.32. The van der Waals surface area contributed by atoms with E-state index >= 15 is 0 Å². The molecule has 0 aliphatic carbocycles. The topological polar surface area (TPSA) is 81.3 Å². The number of aryl methyl sites for hydroxylation is 1. The number of aliphatic carboxylic acids is 1. The first-order chi connectivity index (χ1) is 9.81. The number of carboxylic acid groups (broad SMARTS) is 1. The van der Waals surface area contributed by atoms with Crippen molar-refractivity contribution < 1.29 is 14.3 Å². The maximum Gasteiger partial charge on any atom is 0.336 e. The summed E-state index contributed by atoms with van der Waals surface area (Å²) in [6, 6.07) is 4.74. The van der Waals surface area contributed by atoms with Gasteiger partial charge < -0.3 is 5.11 Å². The van der Waals surface area contributed by atoms with E-state index in [-0.39, 0.29) is 16.4 Å². The molecule has 1 aromatic carbocycles. The predicted molar refractivity (Wildman–Crippen MR) is 73.6 cm³/mol. The molecule has 0 fully saturated rings. The number of rotatable bonds is 3. The summed E-state index contributed by atoms with van der Waals surface area (Å²) in [6.07, 6.45) is 0. The maximum absolute atomic E-state index is 13.2. The van der Waals surface area contributed by atoms with Crippen LogP contribution in [0.25, 0.3) is 5.69 Å². The smallest absolute Gasteiger partial charge is 0.336 e. The fraction of sp³-hybridized carbons (Fsp3) is 0.154. The lowest BCUT2D eigenvalue weighted by atomic mass is 10.3. The number of carboxylic acids is 1. The fourth-order valence-corrected chi connectivity index (χ4v) is 2.08. The number of hydrogen-bond donors (Lipinski definition) is 1. The molecule has 0 saturated carbocycles. The van der Waals surface area contributed by atoms with Crippen molar-refractivity contribution >= 4 is 17.6 Å². The zero-order valence-electron chi connectivity index (χ0n) is 10.8. The second-order valence-corrected chi connectivity index (χ2v) is 4.73. The number of aromatic nitrogens is 2. The van der Waals surface area contributed by atoms with E-state index in [4.69, 9.17) is 16.7 Å². The molecule has 21 heavy (non-hydrogen) atoms. The Bertz CT molecular complexity index is 841. The van der Waals surface area contributed by atoms with Gasteiger partial charge in [-0.05, 0) is 25.1 Å². The fourth-order valence-electron chi connectivity index (χ4n) is 1.91. The minimum Gasteiger partial charge on any atom is -0.480 e. The standard InChI is InChI=1S/C13H10ClFN2O4/c1-7-4-11(18)16(6-12(19)20)13(21)17(7)8-2-3-10(15)9(14)5-8/h2-5H,6H2,1H3,(H,19,20). The highest BCUT2D eigenvalue weighted by molar-refractivity contribution is 6.30. The molecule has 0 spiro atoms. The quantitative estimate of drug-likeness (QED) is 0.923. The summed E-state index contributed by atoms with van der Waals surface area (Å²) in [7, 11) is 0. The van der Waals surface area contributed by atoms with Crippen LogP contribution in [0.15, 0.2) is 33.9 Å². The largest absolute Gasteiger partial charge is 0.480 e. The molecule has 0 unspecified atom stereocenters. The molecule has 0 amide bonds. The van der Waals surface area contributed by atoms with Crippen LogP contribution < -0.4 is 11.2 Å². The van der Waals surface area contributed by atoms with E-state index in [2.05, 4.69) is 0 Å². The van der Waals surface area contributed by atoms with Crippen molar-refractivity contribution in [3.63, 3.8) is 0 Å². The predicted octanol–water partition coefficient (Wildman–Crippen LogP) is 1.18. The lowest BCUT2D eigenvalue weighted by molar-refractivity contribution is -0.137. The molecule has 0 aliphatic rings. The van der Waals surface area contributed by atoms with Crippen LogP contribution in [0, 0.1) is 12.7 Å². The number of benzene rings is 1. The van der Waals surface area contributed by atoms with Gasteiger partial charge in [0.25, 0.3) is 5.56 Å². The van der Waals surface area contributed by atoms with Crippen molar-refractivity contribution in [2.75, 3.05) is 0 Å². The number of nitrogens with zero attached hydrogens (tertiary/aromatic N) is 2. The van der Waals surface area contributed by atoms with Gasteiger partial charge in [0.15, 0.2) is 0 Å². The normalized spacial score (nSPS) is 10.6. The SMILES string of the molecule is Cc1cc(=O)n(CC(=O)O)c(=O)n1-c1ccc(F)c(Cl)c1. The average molecular weight is 313 g/mol. The first kappa shape index (κ1) is 15.0. The van der Waals surface area contributed by atoms with Gasteiger partial charge in [-0.1, -0.05) is 11.6 Å². The van der Waals surface area contributed by atoms with Crippen LogP contribution in [-0.2, 0) is 11.3 Å². The third kappa shape index (κ3) is 2.87. The van der Waals surface area contributed by atoms with Crippen LogP contribution in [0.2, 0.25) is 5.02 Å². The molecule has 0 bridgehead atoms. The molecular formula is C13H10ClFN2O4. The Hall–Kier alpha value is -2.41. The molecule has 110 valence electrons. The third-order valence-electron chi connectivity index (χ3n) is 2.83. The van der Waals surface area contributed by atoms with Gasteiger partial charge in [0.2, 0.25) is 0 Å². The summed E-state index contributed by atoms with van der Waals surface area (Å²) < 4.78 is 14.8. The average Bonchev–Trinajstić information content (AvgIpc) is 2.38. The first-order valence-corrected chi connectivity index (χ1v) is 6.20. The van der Waals surface area contributed by atoms with Crippen molar-refractivity contribution in [2.24, 2.45) is 0 Å². The molecule has 0 radical (unpaired) electrons. The third-order valence-corrected chi connectivity index (χ3v) is 3.12. The van der Waals surface area contributed by atoms with Gasteiger partial charge in [-0.25, -0.2) is 13.8 Å². The van der Waals surface area contributed by atoms with E-state index < -0.39 is 29.6 Å². The Morgan fingerprint density at radius 2 is 2.00 bits per heavy atom. The van der Waals surface area contributed by atoms with Gasteiger partial charge in [-0.15, -0.1) is 0 Å². The summed E-state index contributed by atoms with van der Waals surface area (Å²) in [4.78, 5) is 34.7. The number of carbonyl (C=O) groups is 1. The lowest BCUT2D eigenvalue weighted by Crippen LogP contribution is -2.41. The molecular weight excluding hydrogens is 303 g/mol. The lowest BCUT2D eigenvalue weighted by Gasteiger charge is -2.12. The highest BCUT2D eigenvalue weighted by Crippen LogP contribution is 2.18. The van der Waals surface area contributed by atoms with Crippen molar-refractivity contribution in [2.45, 2.75) is 13.5 Å². The van der Waals surface area contributed by atoms with Crippen LogP contribution >= 0.6 is 11.6 Å². The van der Waals surface area contributed by atoms with E-state index in [1.807, 2.05) is 0 Å². The Kier molecular flexibility index (Phi) is 3.95. The van der Waals surface area contributed by atoms with Crippen molar-refractivity contribution in [3.05, 3.63) is 61.6 Å².